The Labute approximate surface area is 216 Å². The average molecular weight is 497 g/mol. The van der Waals surface area contributed by atoms with E-state index in [1.54, 1.807) is 30.3 Å². The molecule has 36 heavy (non-hydrogen) atoms. The summed E-state index contributed by atoms with van der Waals surface area (Å²) in [6.45, 7) is 13.1. The molecule has 3 rings (SSSR count). The molecule has 7 heteroatoms. The third-order valence-electron chi connectivity index (χ3n) is 6.10. The van der Waals surface area contributed by atoms with Crippen LogP contribution in [-0.4, -0.2) is 29.8 Å². The topological polar surface area (TPSA) is 100 Å². The maximum absolute atomic E-state index is 12.7. The molecular weight excluding hydrogens is 452 g/mol. The Morgan fingerprint density at radius 3 is 2.31 bits per heavy atom. The first-order valence-corrected chi connectivity index (χ1v) is 13.2. The summed E-state index contributed by atoms with van der Waals surface area (Å²) in [5.74, 6) is 1.51. The van der Waals surface area contributed by atoms with Crippen molar-refractivity contribution in [1.29, 1.82) is 0 Å². The second kappa shape index (κ2) is 17.2. The highest BCUT2D eigenvalue weighted by Gasteiger charge is 2.16. The van der Waals surface area contributed by atoms with Crippen LogP contribution in [0, 0.1) is 18.8 Å². The van der Waals surface area contributed by atoms with Gasteiger partial charge in [-0.05, 0) is 55.0 Å². The normalized spacial score (nSPS) is 12.5. The van der Waals surface area contributed by atoms with Crippen molar-refractivity contribution in [1.82, 2.24) is 10.3 Å². The molecule has 1 aromatic carbocycles. The van der Waals surface area contributed by atoms with Crippen LogP contribution in [0.25, 0.3) is 0 Å². The molecule has 1 fully saturated rings. The number of benzene rings is 1. The summed E-state index contributed by atoms with van der Waals surface area (Å²) < 4.78 is 0. The molecule has 1 saturated carbocycles. The molecule has 198 valence electrons. The molecule has 1 aromatic heterocycles. The highest BCUT2D eigenvalue weighted by molar-refractivity contribution is 6.07. The van der Waals surface area contributed by atoms with Crippen molar-refractivity contribution in [2.45, 2.75) is 80.1 Å². The minimum absolute atomic E-state index is 0.164. The fourth-order valence-corrected chi connectivity index (χ4v) is 3.61. The maximum Gasteiger partial charge on any atom is 0.255 e. The van der Waals surface area contributed by atoms with Crippen molar-refractivity contribution in [2.24, 2.45) is 11.8 Å². The number of nitrogens with one attached hydrogen (secondary N) is 3. The summed E-state index contributed by atoms with van der Waals surface area (Å²) >= 11 is 0. The van der Waals surface area contributed by atoms with Gasteiger partial charge in [-0.25, -0.2) is 4.98 Å². The van der Waals surface area contributed by atoms with Crippen molar-refractivity contribution in [3.05, 3.63) is 53.2 Å². The number of anilines is 2. The number of carbonyl (C=O) groups excluding carboxylic acids is 3. The Hall–Kier alpha value is -3.22. The molecule has 7 nitrogen and oxygen atoms in total. The number of carbonyl (C=O) groups is 3. The lowest BCUT2D eigenvalue weighted by Crippen LogP contribution is -2.26. The Balaban J connectivity index is 0.000000826. The maximum atomic E-state index is 12.7. The standard InChI is InChI=1S/C22H26N4O3.C5H12.C2H6/c1-15-6-7-17(21(28)23-11-10-16-4-2-3-5-16)12-19(15)22(29)26-18-8-9-20(24-13-18)25-14-27;1-4-5(2)3;1-2/h6-9,12-14,16H,2-5,10-11H2,1H3,(H,23,28)(H,26,29)(H,24,25,27);5H,4H2,1-3H3;1-2H3. The van der Waals surface area contributed by atoms with Crippen LogP contribution in [0.2, 0.25) is 0 Å². The van der Waals surface area contributed by atoms with Gasteiger partial charge in [-0.1, -0.05) is 72.8 Å². The summed E-state index contributed by atoms with van der Waals surface area (Å²) in [4.78, 5) is 39.6. The zero-order valence-electron chi connectivity index (χ0n) is 22.8. The van der Waals surface area contributed by atoms with E-state index in [-0.39, 0.29) is 11.8 Å². The van der Waals surface area contributed by atoms with Gasteiger partial charge >= 0.3 is 0 Å². The zero-order valence-corrected chi connectivity index (χ0v) is 22.8. The molecule has 1 aliphatic carbocycles. The molecule has 0 saturated heterocycles. The molecule has 3 amide bonds. The third-order valence-corrected chi connectivity index (χ3v) is 6.10. The van der Waals surface area contributed by atoms with Crippen LogP contribution in [0.15, 0.2) is 36.5 Å². The van der Waals surface area contributed by atoms with E-state index in [1.807, 2.05) is 20.8 Å². The number of hydrogen-bond acceptors (Lipinski definition) is 4. The summed E-state index contributed by atoms with van der Waals surface area (Å²) in [5, 5.41) is 8.16. The summed E-state index contributed by atoms with van der Waals surface area (Å²) in [5.41, 5.74) is 2.17. The van der Waals surface area contributed by atoms with Gasteiger partial charge in [0, 0.05) is 17.7 Å². The molecule has 0 aliphatic heterocycles. The minimum atomic E-state index is -0.319. The fourth-order valence-electron chi connectivity index (χ4n) is 3.61. The highest BCUT2D eigenvalue weighted by atomic mass is 16.2. The van der Waals surface area contributed by atoms with E-state index in [0.29, 0.717) is 35.6 Å². The van der Waals surface area contributed by atoms with Crippen molar-refractivity contribution in [2.75, 3.05) is 17.2 Å². The molecule has 0 bridgehead atoms. The largest absolute Gasteiger partial charge is 0.352 e. The van der Waals surface area contributed by atoms with Crippen LogP contribution in [0.3, 0.4) is 0 Å². The van der Waals surface area contributed by atoms with E-state index in [2.05, 4.69) is 41.7 Å². The van der Waals surface area contributed by atoms with Crippen molar-refractivity contribution in [3.8, 4) is 0 Å². The van der Waals surface area contributed by atoms with Crippen LogP contribution in [0.5, 0.6) is 0 Å². The van der Waals surface area contributed by atoms with Crippen molar-refractivity contribution >= 4 is 29.7 Å². The second-order valence-corrected chi connectivity index (χ2v) is 9.18. The van der Waals surface area contributed by atoms with Gasteiger partial charge in [0.25, 0.3) is 11.8 Å². The van der Waals surface area contributed by atoms with Crippen LogP contribution in [-0.2, 0) is 4.79 Å². The lowest BCUT2D eigenvalue weighted by atomic mass is 10.0. The van der Waals surface area contributed by atoms with E-state index >= 15 is 0 Å². The SMILES string of the molecule is CC.CCC(C)C.Cc1ccc(C(=O)NCCC2CCCC2)cc1C(=O)Nc1ccc(NC=O)nc1. The number of pyridine rings is 1. The van der Waals surface area contributed by atoms with E-state index < -0.39 is 0 Å². The molecular formula is C29H44N4O3. The lowest BCUT2D eigenvalue weighted by Gasteiger charge is -2.12. The van der Waals surface area contributed by atoms with Gasteiger partial charge in [0.05, 0.1) is 11.9 Å². The predicted octanol–water partition coefficient (Wildman–Crippen LogP) is 6.60. The van der Waals surface area contributed by atoms with Crippen molar-refractivity contribution < 1.29 is 14.4 Å². The Bertz CT molecular complexity index is 936. The first-order chi connectivity index (χ1) is 17.3. The van der Waals surface area contributed by atoms with Crippen LogP contribution in [0.4, 0.5) is 11.5 Å². The van der Waals surface area contributed by atoms with Gasteiger partial charge in [0.15, 0.2) is 0 Å². The molecule has 0 atom stereocenters. The van der Waals surface area contributed by atoms with E-state index in [1.165, 1.54) is 38.3 Å². The number of amides is 3. The first kappa shape index (κ1) is 30.8. The van der Waals surface area contributed by atoms with E-state index in [0.717, 1.165) is 23.8 Å². The van der Waals surface area contributed by atoms with Crippen LogP contribution < -0.4 is 16.0 Å². The fraction of sp³-hybridized carbons (Fsp3) is 0.517. The molecule has 0 spiro atoms. The highest BCUT2D eigenvalue weighted by Crippen LogP contribution is 2.27. The predicted molar refractivity (Wildman–Crippen MR) is 148 cm³/mol. The number of nitrogens with zero attached hydrogens (tertiary/aromatic N) is 1. The quantitative estimate of drug-likeness (QED) is 0.341. The summed E-state index contributed by atoms with van der Waals surface area (Å²) in [7, 11) is 0. The van der Waals surface area contributed by atoms with Gasteiger partial charge in [-0.2, -0.15) is 0 Å². The smallest absolute Gasteiger partial charge is 0.255 e. The average Bonchev–Trinajstić information content (AvgIpc) is 3.40. The Morgan fingerprint density at radius 2 is 1.75 bits per heavy atom. The molecule has 3 N–H and O–H groups in total. The molecule has 0 unspecified atom stereocenters. The van der Waals surface area contributed by atoms with Gasteiger partial charge in [0.2, 0.25) is 6.41 Å². The Morgan fingerprint density at radius 1 is 1.08 bits per heavy atom. The number of aryl methyl sites for hydroxylation is 1. The summed E-state index contributed by atoms with van der Waals surface area (Å²) in [6, 6.07) is 8.36. The number of hydrogen-bond donors (Lipinski definition) is 3. The minimum Gasteiger partial charge on any atom is -0.352 e. The third kappa shape index (κ3) is 11.0. The van der Waals surface area contributed by atoms with Crippen LogP contribution >= 0.6 is 0 Å². The van der Waals surface area contributed by atoms with Gasteiger partial charge in [-0.3, -0.25) is 14.4 Å². The van der Waals surface area contributed by atoms with Gasteiger partial charge in [-0.15, -0.1) is 0 Å². The van der Waals surface area contributed by atoms with Crippen molar-refractivity contribution in [3.63, 3.8) is 0 Å². The second-order valence-electron chi connectivity index (χ2n) is 9.18. The summed E-state index contributed by atoms with van der Waals surface area (Å²) in [6.07, 6.45) is 9.40. The molecule has 0 radical (unpaired) electrons. The van der Waals surface area contributed by atoms with Gasteiger partial charge in [0.1, 0.15) is 5.82 Å². The molecule has 1 aliphatic rings. The van der Waals surface area contributed by atoms with E-state index in [9.17, 15) is 14.4 Å². The zero-order chi connectivity index (χ0) is 26.9. The monoisotopic (exact) mass is 496 g/mol. The number of rotatable bonds is 9. The molecule has 2 aromatic rings. The van der Waals surface area contributed by atoms with E-state index in [4.69, 9.17) is 0 Å². The first-order valence-electron chi connectivity index (χ1n) is 13.2. The lowest BCUT2D eigenvalue weighted by molar-refractivity contribution is -0.105. The number of aromatic nitrogens is 1. The van der Waals surface area contributed by atoms with Gasteiger partial charge < -0.3 is 16.0 Å². The molecule has 1 heterocycles. The Kier molecular flexibility index (Phi) is 14.8. The van der Waals surface area contributed by atoms with Crippen LogP contribution in [0.1, 0.15) is 99.4 Å².